The SMILES string of the molecule is CCOC1CC(NC(C)(C)C(=O)OC)C1. The summed E-state index contributed by atoms with van der Waals surface area (Å²) in [5, 5.41) is 3.28. The summed E-state index contributed by atoms with van der Waals surface area (Å²) in [5.41, 5.74) is -0.601. The van der Waals surface area contributed by atoms with Gasteiger partial charge in [-0.25, -0.2) is 0 Å². The number of hydrogen-bond acceptors (Lipinski definition) is 4. The van der Waals surface area contributed by atoms with Crippen molar-refractivity contribution in [1.29, 1.82) is 0 Å². The van der Waals surface area contributed by atoms with Gasteiger partial charge in [0.2, 0.25) is 0 Å². The highest BCUT2D eigenvalue weighted by Gasteiger charge is 2.37. The van der Waals surface area contributed by atoms with Crippen LogP contribution in [-0.4, -0.2) is 37.4 Å². The molecule has 0 heterocycles. The van der Waals surface area contributed by atoms with Crippen molar-refractivity contribution in [2.45, 2.75) is 51.3 Å². The standard InChI is InChI=1S/C11H21NO3/c1-5-15-9-6-8(7-9)12-11(2,3)10(13)14-4/h8-9,12H,5-7H2,1-4H3. The predicted octanol–water partition coefficient (Wildman–Crippen LogP) is 1.10. The molecule has 1 rings (SSSR count). The van der Waals surface area contributed by atoms with Gasteiger partial charge >= 0.3 is 5.97 Å². The highest BCUT2D eigenvalue weighted by Crippen LogP contribution is 2.25. The van der Waals surface area contributed by atoms with E-state index < -0.39 is 5.54 Å². The van der Waals surface area contributed by atoms with Gasteiger partial charge in [-0.3, -0.25) is 10.1 Å². The number of esters is 1. The molecule has 1 N–H and O–H groups in total. The monoisotopic (exact) mass is 215 g/mol. The molecule has 0 aliphatic heterocycles. The van der Waals surface area contributed by atoms with Gasteiger partial charge in [-0.2, -0.15) is 0 Å². The fourth-order valence-electron chi connectivity index (χ4n) is 1.88. The molecule has 0 atom stereocenters. The maximum Gasteiger partial charge on any atom is 0.325 e. The van der Waals surface area contributed by atoms with E-state index in [1.165, 1.54) is 7.11 Å². The van der Waals surface area contributed by atoms with E-state index in [0.717, 1.165) is 19.4 Å². The first-order valence-corrected chi connectivity index (χ1v) is 5.47. The molecule has 15 heavy (non-hydrogen) atoms. The van der Waals surface area contributed by atoms with Crippen molar-refractivity contribution in [3.63, 3.8) is 0 Å². The second kappa shape index (κ2) is 4.94. The number of nitrogens with one attached hydrogen (secondary N) is 1. The third kappa shape index (κ3) is 3.18. The van der Waals surface area contributed by atoms with Gasteiger partial charge < -0.3 is 9.47 Å². The second-order valence-electron chi connectivity index (χ2n) is 4.51. The van der Waals surface area contributed by atoms with Crippen molar-refractivity contribution >= 4 is 5.97 Å². The largest absolute Gasteiger partial charge is 0.468 e. The molecule has 0 spiro atoms. The molecule has 0 saturated heterocycles. The Balaban J connectivity index is 2.29. The molecule has 0 aromatic carbocycles. The van der Waals surface area contributed by atoms with Crippen LogP contribution < -0.4 is 5.32 Å². The molecule has 1 aliphatic carbocycles. The summed E-state index contributed by atoms with van der Waals surface area (Å²) in [6.45, 7) is 6.44. The van der Waals surface area contributed by atoms with E-state index in [9.17, 15) is 4.79 Å². The number of hydrogen-bond donors (Lipinski definition) is 1. The fourth-order valence-corrected chi connectivity index (χ4v) is 1.88. The zero-order valence-electron chi connectivity index (χ0n) is 10.0. The van der Waals surface area contributed by atoms with Crippen molar-refractivity contribution in [2.75, 3.05) is 13.7 Å². The van der Waals surface area contributed by atoms with Crippen LogP contribution in [0.2, 0.25) is 0 Å². The average Bonchev–Trinajstić information content (AvgIpc) is 2.13. The Morgan fingerprint density at radius 2 is 2.07 bits per heavy atom. The average molecular weight is 215 g/mol. The van der Waals surface area contributed by atoms with E-state index in [0.29, 0.717) is 12.1 Å². The molecular weight excluding hydrogens is 194 g/mol. The lowest BCUT2D eigenvalue weighted by Crippen LogP contribution is -2.57. The molecule has 0 aromatic heterocycles. The molecule has 88 valence electrons. The lowest BCUT2D eigenvalue weighted by Gasteiger charge is -2.39. The van der Waals surface area contributed by atoms with Crippen LogP contribution in [0.3, 0.4) is 0 Å². The molecule has 0 amide bonds. The third-order valence-electron chi connectivity index (χ3n) is 2.76. The number of rotatable bonds is 5. The molecule has 1 fully saturated rings. The summed E-state index contributed by atoms with van der Waals surface area (Å²) in [5.74, 6) is -0.220. The molecule has 0 bridgehead atoms. The molecule has 0 unspecified atom stereocenters. The maximum absolute atomic E-state index is 11.4. The van der Waals surface area contributed by atoms with Crippen LogP contribution in [0, 0.1) is 0 Å². The molecule has 0 aromatic rings. The number of carbonyl (C=O) groups excluding carboxylic acids is 1. The Morgan fingerprint density at radius 3 is 2.53 bits per heavy atom. The van der Waals surface area contributed by atoms with Gasteiger partial charge in [0.25, 0.3) is 0 Å². The minimum Gasteiger partial charge on any atom is -0.468 e. The van der Waals surface area contributed by atoms with Crippen molar-refractivity contribution in [3.8, 4) is 0 Å². The topological polar surface area (TPSA) is 47.6 Å². The first kappa shape index (κ1) is 12.5. The van der Waals surface area contributed by atoms with Crippen LogP contribution in [0.4, 0.5) is 0 Å². The normalized spacial score (nSPS) is 25.9. The van der Waals surface area contributed by atoms with E-state index in [2.05, 4.69) is 5.32 Å². The number of methoxy groups -OCH3 is 1. The van der Waals surface area contributed by atoms with Crippen LogP contribution in [0.1, 0.15) is 33.6 Å². The first-order valence-electron chi connectivity index (χ1n) is 5.47. The zero-order chi connectivity index (χ0) is 11.5. The minimum absolute atomic E-state index is 0.220. The lowest BCUT2D eigenvalue weighted by molar-refractivity contribution is -0.148. The summed E-state index contributed by atoms with van der Waals surface area (Å²) >= 11 is 0. The smallest absolute Gasteiger partial charge is 0.325 e. The van der Waals surface area contributed by atoms with E-state index in [4.69, 9.17) is 9.47 Å². The van der Waals surface area contributed by atoms with Crippen molar-refractivity contribution in [1.82, 2.24) is 5.32 Å². The summed E-state index contributed by atoms with van der Waals surface area (Å²) in [6, 6.07) is 0.371. The van der Waals surface area contributed by atoms with Crippen molar-refractivity contribution in [3.05, 3.63) is 0 Å². The predicted molar refractivity (Wildman–Crippen MR) is 57.7 cm³/mol. The quantitative estimate of drug-likeness (QED) is 0.698. The highest BCUT2D eigenvalue weighted by atomic mass is 16.5. The number of carbonyl (C=O) groups is 1. The van der Waals surface area contributed by atoms with Gasteiger partial charge in [0.1, 0.15) is 5.54 Å². The fraction of sp³-hybridized carbons (Fsp3) is 0.909. The first-order chi connectivity index (χ1) is 6.99. The minimum atomic E-state index is -0.601. The molecule has 1 saturated carbocycles. The Hall–Kier alpha value is -0.610. The summed E-state index contributed by atoms with van der Waals surface area (Å²) in [4.78, 5) is 11.4. The van der Waals surface area contributed by atoms with E-state index in [1.54, 1.807) is 0 Å². The molecule has 1 aliphatic rings. The Morgan fingerprint density at radius 1 is 1.47 bits per heavy atom. The Kier molecular flexibility index (Phi) is 4.11. The maximum atomic E-state index is 11.4. The Bertz CT molecular complexity index is 222. The van der Waals surface area contributed by atoms with E-state index in [1.807, 2.05) is 20.8 Å². The van der Waals surface area contributed by atoms with Crippen molar-refractivity contribution < 1.29 is 14.3 Å². The van der Waals surface area contributed by atoms with Crippen LogP contribution in [0.15, 0.2) is 0 Å². The summed E-state index contributed by atoms with van der Waals surface area (Å²) < 4.78 is 10.2. The van der Waals surface area contributed by atoms with Gasteiger partial charge in [0.05, 0.1) is 13.2 Å². The van der Waals surface area contributed by atoms with Crippen LogP contribution >= 0.6 is 0 Å². The molecule has 4 nitrogen and oxygen atoms in total. The third-order valence-corrected chi connectivity index (χ3v) is 2.76. The van der Waals surface area contributed by atoms with Crippen LogP contribution in [-0.2, 0) is 14.3 Å². The second-order valence-corrected chi connectivity index (χ2v) is 4.51. The van der Waals surface area contributed by atoms with Gasteiger partial charge in [-0.1, -0.05) is 0 Å². The molecular formula is C11H21NO3. The van der Waals surface area contributed by atoms with Gasteiger partial charge in [0.15, 0.2) is 0 Å². The summed E-state index contributed by atoms with van der Waals surface area (Å²) in [6.07, 6.45) is 2.32. The lowest BCUT2D eigenvalue weighted by atomic mass is 9.87. The zero-order valence-corrected chi connectivity index (χ0v) is 10.0. The van der Waals surface area contributed by atoms with Gasteiger partial charge in [-0.05, 0) is 33.6 Å². The van der Waals surface area contributed by atoms with Crippen LogP contribution in [0.5, 0.6) is 0 Å². The van der Waals surface area contributed by atoms with E-state index in [-0.39, 0.29) is 5.97 Å². The summed E-state index contributed by atoms with van der Waals surface area (Å²) in [7, 11) is 1.41. The van der Waals surface area contributed by atoms with Gasteiger partial charge in [0, 0.05) is 12.6 Å². The van der Waals surface area contributed by atoms with Gasteiger partial charge in [-0.15, -0.1) is 0 Å². The highest BCUT2D eigenvalue weighted by molar-refractivity contribution is 5.79. The molecule has 0 radical (unpaired) electrons. The van der Waals surface area contributed by atoms with E-state index >= 15 is 0 Å². The Labute approximate surface area is 91.3 Å². The van der Waals surface area contributed by atoms with Crippen LogP contribution in [0.25, 0.3) is 0 Å². The molecule has 4 heteroatoms. The number of ether oxygens (including phenoxy) is 2. The van der Waals surface area contributed by atoms with Crippen molar-refractivity contribution in [2.24, 2.45) is 0 Å².